The molecule has 2 rings (SSSR count). The molecule has 1 heterocycles. The van der Waals surface area contributed by atoms with Crippen molar-refractivity contribution in [2.45, 2.75) is 37.6 Å². The fraction of sp³-hybridized carbons (Fsp3) is 1.00. The summed E-state index contributed by atoms with van der Waals surface area (Å²) in [6.07, 6.45) is 6.93. The van der Waals surface area contributed by atoms with Gasteiger partial charge in [-0.3, -0.25) is 4.90 Å². The third-order valence-electron chi connectivity index (χ3n) is 3.80. The van der Waals surface area contributed by atoms with Gasteiger partial charge < -0.3 is 5.73 Å². The second-order valence-corrected chi connectivity index (χ2v) is 4.46. The summed E-state index contributed by atoms with van der Waals surface area (Å²) in [7, 11) is 2.25. The van der Waals surface area contributed by atoms with Gasteiger partial charge in [0.25, 0.3) is 0 Å². The van der Waals surface area contributed by atoms with Crippen molar-refractivity contribution in [2.24, 2.45) is 11.7 Å². The van der Waals surface area contributed by atoms with Crippen molar-refractivity contribution < 1.29 is 0 Å². The van der Waals surface area contributed by atoms with E-state index in [4.69, 9.17) is 5.73 Å². The number of likely N-dealkylation sites (N-methyl/N-ethyl adjacent to an activating group) is 1. The van der Waals surface area contributed by atoms with Gasteiger partial charge in [0.1, 0.15) is 0 Å². The monoisotopic (exact) mass is 168 g/mol. The Morgan fingerprint density at radius 1 is 1.42 bits per heavy atom. The number of piperidine rings is 1. The fourth-order valence-corrected chi connectivity index (χ4v) is 2.75. The Morgan fingerprint density at radius 2 is 2.17 bits per heavy atom. The Morgan fingerprint density at radius 3 is 2.67 bits per heavy atom. The molecule has 0 bridgehead atoms. The topological polar surface area (TPSA) is 29.3 Å². The lowest BCUT2D eigenvalue weighted by molar-refractivity contribution is 0.0596. The Kier molecular flexibility index (Phi) is 2.13. The molecule has 2 heteroatoms. The smallest absolute Gasteiger partial charge is 0.0356 e. The summed E-state index contributed by atoms with van der Waals surface area (Å²) in [5.41, 5.74) is 6.33. The van der Waals surface area contributed by atoms with E-state index in [9.17, 15) is 0 Å². The molecule has 0 radical (unpaired) electrons. The summed E-state index contributed by atoms with van der Waals surface area (Å²) >= 11 is 0. The van der Waals surface area contributed by atoms with E-state index in [1.165, 1.54) is 38.6 Å². The molecule has 1 saturated carbocycles. The van der Waals surface area contributed by atoms with E-state index >= 15 is 0 Å². The number of nitrogens with two attached hydrogens (primary N) is 1. The molecule has 2 fully saturated rings. The van der Waals surface area contributed by atoms with Crippen molar-refractivity contribution in [3.05, 3.63) is 0 Å². The van der Waals surface area contributed by atoms with Gasteiger partial charge >= 0.3 is 0 Å². The Bertz CT molecular complexity index is 165. The minimum absolute atomic E-state index is 0.401. The van der Waals surface area contributed by atoms with Crippen LogP contribution in [0.5, 0.6) is 0 Å². The van der Waals surface area contributed by atoms with Crippen LogP contribution in [0, 0.1) is 5.92 Å². The summed E-state index contributed by atoms with van der Waals surface area (Å²) in [5, 5.41) is 0. The second-order valence-electron chi connectivity index (χ2n) is 4.46. The van der Waals surface area contributed by atoms with Crippen molar-refractivity contribution >= 4 is 0 Å². The van der Waals surface area contributed by atoms with Crippen LogP contribution >= 0.6 is 0 Å². The summed E-state index contributed by atoms with van der Waals surface area (Å²) in [6.45, 7) is 2.13. The molecule has 0 aromatic heterocycles. The number of nitrogens with zero attached hydrogens (tertiary/aromatic N) is 1. The molecule has 2 aliphatic rings. The van der Waals surface area contributed by atoms with Gasteiger partial charge in [-0.05, 0) is 45.2 Å². The highest BCUT2D eigenvalue weighted by Gasteiger charge is 2.47. The van der Waals surface area contributed by atoms with E-state index in [1.54, 1.807) is 0 Å². The first kappa shape index (κ1) is 8.52. The first-order valence-corrected chi connectivity index (χ1v) is 5.21. The molecule has 0 aromatic carbocycles. The van der Waals surface area contributed by atoms with Crippen LogP contribution in [0.4, 0.5) is 0 Å². The molecule has 0 spiro atoms. The number of rotatable bonds is 2. The molecule has 12 heavy (non-hydrogen) atoms. The van der Waals surface area contributed by atoms with E-state index in [0.29, 0.717) is 5.54 Å². The van der Waals surface area contributed by atoms with Gasteiger partial charge in [0.2, 0.25) is 0 Å². The van der Waals surface area contributed by atoms with Crippen molar-refractivity contribution in [3.63, 3.8) is 0 Å². The minimum atomic E-state index is 0.401. The molecule has 1 atom stereocenters. The van der Waals surface area contributed by atoms with E-state index in [-0.39, 0.29) is 0 Å². The highest BCUT2D eigenvalue weighted by molar-refractivity contribution is 5.03. The van der Waals surface area contributed by atoms with Crippen molar-refractivity contribution in [2.75, 3.05) is 20.1 Å². The van der Waals surface area contributed by atoms with Crippen LogP contribution in [-0.2, 0) is 0 Å². The van der Waals surface area contributed by atoms with Crippen molar-refractivity contribution in [3.8, 4) is 0 Å². The van der Waals surface area contributed by atoms with Gasteiger partial charge in [0, 0.05) is 12.1 Å². The first-order valence-electron chi connectivity index (χ1n) is 5.21. The largest absolute Gasteiger partial charge is 0.329 e. The van der Waals surface area contributed by atoms with Gasteiger partial charge in [-0.1, -0.05) is 6.42 Å². The Hall–Kier alpha value is -0.0800. The normalized spacial score (nSPS) is 38.5. The molecule has 1 saturated heterocycles. The number of hydrogen-bond acceptors (Lipinski definition) is 2. The molecule has 0 aromatic rings. The van der Waals surface area contributed by atoms with E-state index < -0.39 is 0 Å². The quantitative estimate of drug-likeness (QED) is 0.671. The highest BCUT2D eigenvalue weighted by Crippen LogP contribution is 2.46. The molecular formula is C10H20N2. The van der Waals surface area contributed by atoms with Crippen LogP contribution in [-0.4, -0.2) is 30.6 Å². The molecular weight excluding hydrogens is 148 g/mol. The molecule has 1 aliphatic carbocycles. The van der Waals surface area contributed by atoms with Gasteiger partial charge in [0.15, 0.2) is 0 Å². The SMILES string of the molecule is CN1CCCCC1(CN)C1CC1. The lowest BCUT2D eigenvalue weighted by Crippen LogP contribution is -2.56. The van der Waals surface area contributed by atoms with Gasteiger partial charge in [-0.15, -0.1) is 0 Å². The van der Waals surface area contributed by atoms with Crippen LogP contribution in [0.25, 0.3) is 0 Å². The van der Waals surface area contributed by atoms with E-state index in [0.717, 1.165) is 12.5 Å². The van der Waals surface area contributed by atoms with Crippen LogP contribution in [0.1, 0.15) is 32.1 Å². The maximum Gasteiger partial charge on any atom is 0.0356 e. The summed E-state index contributed by atoms with van der Waals surface area (Å²) in [5.74, 6) is 0.924. The predicted octanol–water partition coefficient (Wildman–Crippen LogP) is 1.21. The standard InChI is InChI=1S/C10H20N2/c1-12-7-3-2-6-10(12,8-11)9-4-5-9/h9H,2-8,11H2,1H3. The Balaban J connectivity index is 2.11. The number of hydrogen-bond donors (Lipinski definition) is 1. The van der Waals surface area contributed by atoms with Gasteiger partial charge in [-0.25, -0.2) is 0 Å². The zero-order valence-corrected chi connectivity index (χ0v) is 8.05. The van der Waals surface area contributed by atoms with Crippen molar-refractivity contribution in [1.82, 2.24) is 4.90 Å². The fourth-order valence-electron chi connectivity index (χ4n) is 2.75. The Labute approximate surface area is 75.1 Å². The summed E-state index contributed by atoms with van der Waals surface area (Å²) in [4.78, 5) is 2.52. The lowest BCUT2D eigenvalue weighted by Gasteiger charge is -2.45. The summed E-state index contributed by atoms with van der Waals surface area (Å²) < 4.78 is 0. The third-order valence-corrected chi connectivity index (χ3v) is 3.80. The predicted molar refractivity (Wildman–Crippen MR) is 51.0 cm³/mol. The zero-order chi connectivity index (χ0) is 8.60. The first-order chi connectivity index (χ1) is 5.79. The van der Waals surface area contributed by atoms with Crippen LogP contribution in [0.15, 0.2) is 0 Å². The molecule has 1 unspecified atom stereocenters. The van der Waals surface area contributed by atoms with Crippen LogP contribution in [0.3, 0.4) is 0 Å². The second kappa shape index (κ2) is 3.00. The van der Waals surface area contributed by atoms with Gasteiger partial charge in [-0.2, -0.15) is 0 Å². The highest BCUT2D eigenvalue weighted by atomic mass is 15.2. The zero-order valence-electron chi connectivity index (χ0n) is 8.05. The molecule has 1 aliphatic heterocycles. The van der Waals surface area contributed by atoms with Crippen LogP contribution < -0.4 is 5.73 Å². The minimum Gasteiger partial charge on any atom is -0.329 e. The summed E-state index contributed by atoms with van der Waals surface area (Å²) in [6, 6.07) is 0. The molecule has 2 nitrogen and oxygen atoms in total. The maximum atomic E-state index is 5.93. The molecule has 70 valence electrons. The lowest BCUT2D eigenvalue weighted by atomic mass is 9.82. The average Bonchev–Trinajstić information content (AvgIpc) is 2.89. The van der Waals surface area contributed by atoms with E-state index in [2.05, 4.69) is 11.9 Å². The van der Waals surface area contributed by atoms with Crippen molar-refractivity contribution in [1.29, 1.82) is 0 Å². The third kappa shape index (κ3) is 1.17. The molecule has 2 N–H and O–H groups in total. The van der Waals surface area contributed by atoms with Gasteiger partial charge in [0.05, 0.1) is 0 Å². The van der Waals surface area contributed by atoms with Crippen LogP contribution in [0.2, 0.25) is 0 Å². The maximum absolute atomic E-state index is 5.93. The van der Waals surface area contributed by atoms with E-state index in [1.807, 2.05) is 0 Å². The molecule has 0 amide bonds. The average molecular weight is 168 g/mol. The number of likely N-dealkylation sites (tertiary alicyclic amines) is 1.